The number of hydrogen-bond acceptors (Lipinski definition) is 5. The number of halogens is 4. The van der Waals surface area contributed by atoms with Crippen molar-refractivity contribution in [2.24, 2.45) is 0 Å². The average Bonchev–Trinajstić information content (AvgIpc) is 2.58. The topological polar surface area (TPSA) is 62.7 Å². The first-order valence-corrected chi connectivity index (χ1v) is 7.86. The second kappa shape index (κ2) is 7.17. The third-order valence-electron chi connectivity index (χ3n) is 3.49. The number of hydrogen-bond donors (Lipinski definition) is 2. The number of nitrogens with zero attached hydrogens (tertiary/aromatic N) is 3. The lowest BCUT2D eigenvalue weighted by Gasteiger charge is -2.11. The summed E-state index contributed by atoms with van der Waals surface area (Å²) in [5.41, 5.74) is 1.41. The zero-order chi connectivity index (χ0) is 18.7. The Morgan fingerprint density at radius 3 is 2.42 bits per heavy atom. The van der Waals surface area contributed by atoms with Gasteiger partial charge in [0.2, 0.25) is 5.95 Å². The van der Waals surface area contributed by atoms with Crippen LogP contribution in [0.5, 0.6) is 0 Å². The van der Waals surface area contributed by atoms with Crippen molar-refractivity contribution in [3.8, 4) is 0 Å². The molecule has 0 aliphatic rings. The lowest BCUT2D eigenvalue weighted by molar-refractivity contribution is -0.137. The normalized spacial score (nSPS) is 11.3. The molecule has 0 saturated carbocycles. The molecule has 0 atom stereocenters. The molecule has 0 amide bonds. The quantitative estimate of drug-likeness (QED) is 0.640. The molecule has 0 spiro atoms. The van der Waals surface area contributed by atoms with Crippen LogP contribution in [0.3, 0.4) is 0 Å². The third kappa shape index (κ3) is 4.40. The minimum absolute atomic E-state index is 0.148. The Hall–Kier alpha value is -2.87. The Balaban J connectivity index is 1.76. The molecule has 0 aliphatic carbocycles. The minimum Gasteiger partial charge on any atom is -0.339 e. The zero-order valence-electron chi connectivity index (χ0n) is 13.5. The van der Waals surface area contributed by atoms with Crippen LogP contribution in [0.15, 0.2) is 48.7 Å². The number of rotatable bonds is 4. The number of nitrogens with one attached hydrogen (secondary N) is 2. The molecule has 0 aliphatic heterocycles. The summed E-state index contributed by atoms with van der Waals surface area (Å²) < 4.78 is 37.8. The number of aryl methyl sites for hydroxylation is 1. The molecule has 26 heavy (non-hydrogen) atoms. The first-order chi connectivity index (χ1) is 12.3. The molecule has 1 aromatic heterocycles. The van der Waals surface area contributed by atoms with Crippen molar-refractivity contribution in [3.05, 3.63) is 64.8 Å². The highest BCUT2D eigenvalue weighted by atomic mass is 35.5. The largest absolute Gasteiger partial charge is 0.416 e. The fraction of sp³-hybridized carbons (Fsp3) is 0.118. The van der Waals surface area contributed by atoms with Gasteiger partial charge in [0.1, 0.15) is 0 Å². The van der Waals surface area contributed by atoms with Crippen molar-refractivity contribution < 1.29 is 13.2 Å². The van der Waals surface area contributed by atoms with Gasteiger partial charge in [0, 0.05) is 16.4 Å². The Bertz CT molecular complexity index is 913. The van der Waals surface area contributed by atoms with E-state index in [0.717, 1.165) is 23.4 Å². The molecule has 3 aromatic rings. The number of benzene rings is 2. The molecule has 9 heteroatoms. The second-order valence-corrected chi connectivity index (χ2v) is 5.89. The van der Waals surface area contributed by atoms with Crippen molar-refractivity contribution >= 4 is 34.7 Å². The van der Waals surface area contributed by atoms with Crippen LogP contribution >= 0.6 is 11.6 Å². The van der Waals surface area contributed by atoms with Gasteiger partial charge in [-0.3, -0.25) is 0 Å². The highest BCUT2D eigenvalue weighted by molar-refractivity contribution is 6.30. The zero-order valence-corrected chi connectivity index (χ0v) is 14.2. The molecule has 0 unspecified atom stereocenters. The maximum Gasteiger partial charge on any atom is 0.416 e. The lowest BCUT2D eigenvalue weighted by Crippen LogP contribution is -2.05. The van der Waals surface area contributed by atoms with Gasteiger partial charge in [-0.1, -0.05) is 17.7 Å². The van der Waals surface area contributed by atoms with Crippen LogP contribution < -0.4 is 10.6 Å². The summed E-state index contributed by atoms with van der Waals surface area (Å²) in [5, 5.41) is 14.1. The predicted molar refractivity (Wildman–Crippen MR) is 94.0 cm³/mol. The van der Waals surface area contributed by atoms with Gasteiger partial charge >= 0.3 is 6.18 Å². The Labute approximate surface area is 152 Å². The molecular weight excluding hydrogens is 367 g/mol. The second-order valence-electron chi connectivity index (χ2n) is 5.45. The van der Waals surface area contributed by atoms with E-state index in [9.17, 15) is 13.2 Å². The van der Waals surface area contributed by atoms with E-state index in [4.69, 9.17) is 11.6 Å². The number of aromatic nitrogens is 3. The molecule has 0 saturated heterocycles. The van der Waals surface area contributed by atoms with E-state index >= 15 is 0 Å². The van der Waals surface area contributed by atoms with Crippen molar-refractivity contribution in [2.75, 3.05) is 10.6 Å². The van der Waals surface area contributed by atoms with E-state index in [1.807, 2.05) is 13.0 Å². The summed E-state index contributed by atoms with van der Waals surface area (Å²) in [6.07, 6.45) is -2.95. The SMILES string of the molecule is Cc1ccc(Cl)cc1Nc1cnnc(Nc2ccc(C(F)(F)F)cc2)n1. The first kappa shape index (κ1) is 17.9. The van der Waals surface area contributed by atoms with Crippen LogP contribution in [0.25, 0.3) is 0 Å². The van der Waals surface area contributed by atoms with Crippen LogP contribution in [-0.2, 0) is 6.18 Å². The summed E-state index contributed by atoms with van der Waals surface area (Å²) in [6.45, 7) is 1.91. The fourth-order valence-electron chi connectivity index (χ4n) is 2.16. The Morgan fingerprint density at radius 1 is 1.00 bits per heavy atom. The average molecular weight is 380 g/mol. The summed E-state index contributed by atoms with van der Waals surface area (Å²) >= 11 is 5.99. The highest BCUT2D eigenvalue weighted by Gasteiger charge is 2.29. The molecule has 3 rings (SSSR count). The number of anilines is 4. The van der Waals surface area contributed by atoms with E-state index in [1.165, 1.54) is 18.3 Å². The van der Waals surface area contributed by atoms with Crippen LogP contribution in [0, 0.1) is 6.92 Å². The van der Waals surface area contributed by atoms with Crippen molar-refractivity contribution in [3.63, 3.8) is 0 Å². The molecule has 0 fully saturated rings. The van der Waals surface area contributed by atoms with Gasteiger partial charge in [0.05, 0.1) is 11.8 Å². The summed E-state index contributed by atoms with van der Waals surface area (Å²) in [6, 6.07) is 9.95. The van der Waals surface area contributed by atoms with E-state index < -0.39 is 11.7 Å². The molecule has 2 aromatic carbocycles. The standard InChI is InChI=1S/C17H13ClF3N5/c1-10-2-5-12(18)8-14(10)24-15-9-22-26-16(25-15)23-13-6-3-11(4-7-13)17(19,20)21/h2-9H,1H3,(H2,23,24,25,26). The smallest absolute Gasteiger partial charge is 0.339 e. The highest BCUT2D eigenvalue weighted by Crippen LogP contribution is 2.30. The van der Waals surface area contributed by atoms with Crippen LogP contribution in [0.1, 0.15) is 11.1 Å². The van der Waals surface area contributed by atoms with Crippen LogP contribution in [-0.4, -0.2) is 15.2 Å². The van der Waals surface area contributed by atoms with Gasteiger partial charge in [-0.15, -0.1) is 5.10 Å². The summed E-state index contributed by atoms with van der Waals surface area (Å²) in [7, 11) is 0. The van der Waals surface area contributed by atoms with Crippen molar-refractivity contribution in [1.29, 1.82) is 0 Å². The molecule has 2 N–H and O–H groups in total. The summed E-state index contributed by atoms with van der Waals surface area (Å²) in [4.78, 5) is 4.24. The van der Waals surface area contributed by atoms with Gasteiger partial charge in [-0.25, -0.2) is 0 Å². The summed E-state index contributed by atoms with van der Waals surface area (Å²) in [5.74, 6) is 0.564. The van der Waals surface area contributed by atoms with Crippen LogP contribution in [0.2, 0.25) is 5.02 Å². The maximum absolute atomic E-state index is 12.6. The Kier molecular flexibility index (Phi) is 4.94. The van der Waals surface area contributed by atoms with Gasteiger partial charge in [-0.2, -0.15) is 23.3 Å². The van der Waals surface area contributed by atoms with Gasteiger partial charge in [-0.05, 0) is 48.9 Å². The molecule has 1 heterocycles. The van der Waals surface area contributed by atoms with Gasteiger partial charge < -0.3 is 10.6 Å². The van der Waals surface area contributed by atoms with Crippen molar-refractivity contribution in [2.45, 2.75) is 13.1 Å². The van der Waals surface area contributed by atoms with Gasteiger partial charge in [0.15, 0.2) is 5.82 Å². The molecule has 0 radical (unpaired) electrons. The van der Waals surface area contributed by atoms with E-state index in [1.54, 1.807) is 12.1 Å². The predicted octanol–water partition coefficient (Wildman–Crippen LogP) is 5.34. The van der Waals surface area contributed by atoms with E-state index in [2.05, 4.69) is 25.8 Å². The van der Waals surface area contributed by atoms with E-state index in [-0.39, 0.29) is 5.95 Å². The number of alkyl halides is 3. The monoisotopic (exact) mass is 379 g/mol. The minimum atomic E-state index is -4.38. The Morgan fingerprint density at radius 2 is 1.73 bits per heavy atom. The molecule has 134 valence electrons. The maximum atomic E-state index is 12.6. The van der Waals surface area contributed by atoms with E-state index in [0.29, 0.717) is 16.5 Å². The first-order valence-electron chi connectivity index (χ1n) is 7.48. The molecular formula is C17H13ClF3N5. The van der Waals surface area contributed by atoms with Gasteiger partial charge in [0.25, 0.3) is 0 Å². The molecule has 0 bridgehead atoms. The van der Waals surface area contributed by atoms with Crippen molar-refractivity contribution in [1.82, 2.24) is 15.2 Å². The lowest BCUT2D eigenvalue weighted by atomic mass is 10.2. The fourth-order valence-corrected chi connectivity index (χ4v) is 2.33. The van der Waals surface area contributed by atoms with Crippen LogP contribution in [0.4, 0.5) is 36.3 Å². The third-order valence-corrected chi connectivity index (χ3v) is 3.72. The molecule has 5 nitrogen and oxygen atoms in total.